The van der Waals surface area contributed by atoms with E-state index in [1.165, 1.54) is 18.2 Å². The van der Waals surface area contributed by atoms with E-state index in [0.29, 0.717) is 0 Å². The van der Waals surface area contributed by atoms with E-state index in [4.69, 9.17) is 0 Å². The van der Waals surface area contributed by atoms with E-state index in [9.17, 15) is 0 Å². The summed E-state index contributed by atoms with van der Waals surface area (Å²) in [6, 6.07) is 15.5. The van der Waals surface area contributed by atoms with Gasteiger partial charge in [-0.1, -0.05) is 55.5 Å². The average molecular weight is 207 g/mol. The van der Waals surface area contributed by atoms with E-state index in [0.717, 1.165) is 17.4 Å². The third-order valence-corrected chi connectivity index (χ3v) is 2.58. The molecule has 0 spiro atoms. The molecule has 0 unspecified atom stereocenters. The molecule has 0 heteroatoms. The zero-order chi connectivity index (χ0) is 11.2. The molecule has 16 heavy (non-hydrogen) atoms. The van der Waals surface area contributed by atoms with Gasteiger partial charge in [-0.2, -0.15) is 0 Å². The molecule has 0 fully saturated rings. The van der Waals surface area contributed by atoms with Crippen LogP contribution in [0.25, 0.3) is 10.8 Å². The second-order valence-electron chi connectivity index (χ2n) is 3.84. The Labute approximate surface area is 97.3 Å². The molecule has 2 aromatic rings. The van der Waals surface area contributed by atoms with Crippen molar-refractivity contribution in [3.63, 3.8) is 0 Å². The van der Waals surface area contributed by atoms with E-state index in [-0.39, 0.29) is 0 Å². The van der Waals surface area contributed by atoms with Crippen LogP contribution in [0.4, 0.5) is 0 Å². The van der Waals surface area contributed by atoms with Gasteiger partial charge in [-0.25, -0.2) is 0 Å². The maximum atomic E-state index is 3.25. The molecule has 2 aromatic carbocycles. The summed E-state index contributed by atoms with van der Waals surface area (Å²) in [6.45, 7) is 2.19. The molecule has 0 amide bonds. The number of unbranched alkanes of at least 4 members (excludes halogenated alkanes) is 2. The quantitative estimate of drug-likeness (QED) is 0.512. The molecular weight excluding hydrogens is 192 g/mol. The molecule has 2 rings (SSSR count). The molecular formula is C16H15. The summed E-state index contributed by atoms with van der Waals surface area (Å²) >= 11 is 0. The Kier molecular flexibility index (Phi) is 3.62. The summed E-state index contributed by atoms with van der Waals surface area (Å²) in [4.78, 5) is 0. The van der Waals surface area contributed by atoms with Crippen molar-refractivity contribution >= 4 is 10.8 Å². The first kappa shape index (κ1) is 10.8. The number of rotatable bonds is 2. The zero-order valence-corrected chi connectivity index (χ0v) is 9.59. The minimum Gasteiger partial charge on any atom is -0.0979 e. The van der Waals surface area contributed by atoms with Crippen LogP contribution in [0.1, 0.15) is 31.7 Å². The maximum absolute atomic E-state index is 3.25. The predicted octanol–water partition coefficient (Wildman–Crippen LogP) is 4.18. The summed E-state index contributed by atoms with van der Waals surface area (Å²) in [5.74, 6) is 6.48. The summed E-state index contributed by atoms with van der Waals surface area (Å²) in [7, 11) is 0. The lowest BCUT2D eigenvalue weighted by atomic mass is 10.0. The Morgan fingerprint density at radius 3 is 2.94 bits per heavy atom. The van der Waals surface area contributed by atoms with Crippen LogP contribution in [0.15, 0.2) is 36.4 Å². The van der Waals surface area contributed by atoms with Gasteiger partial charge in [0, 0.05) is 12.0 Å². The largest absolute Gasteiger partial charge is 0.0979 e. The van der Waals surface area contributed by atoms with Crippen LogP contribution in [0.2, 0.25) is 0 Å². The maximum Gasteiger partial charge on any atom is 0.0324 e. The Bertz CT molecular complexity index is 521. The molecule has 0 aliphatic carbocycles. The van der Waals surface area contributed by atoms with E-state index >= 15 is 0 Å². The third kappa shape index (κ3) is 2.44. The number of benzene rings is 2. The summed E-state index contributed by atoms with van der Waals surface area (Å²) < 4.78 is 0. The average Bonchev–Trinajstić information content (AvgIpc) is 2.35. The molecule has 0 saturated carbocycles. The molecule has 0 bridgehead atoms. The predicted molar refractivity (Wildman–Crippen MR) is 69.2 cm³/mol. The summed E-state index contributed by atoms with van der Waals surface area (Å²) in [5.41, 5.74) is 1.12. The second kappa shape index (κ2) is 5.37. The normalized spacial score (nSPS) is 9.81. The van der Waals surface area contributed by atoms with Crippen LogP contribution in [-0.4, -0.2) is 0 Å². The highest BCUT2D eigenvalue weighted by Gasteiger charge is 1.95. The van der Waals surface area contributed by atoms with Crippen LogP contribution in [0.3, 0.4) is 0 Å². The highest BCUT2D eigenvalue weighted by Crippen LogP contribution is 2.16. The highest BCUT2D eigenvalue weighted by atomic mass is 14.0. The van der Waals surface area contributed by atoms with E-state index in [1.54, 1.807) is 0 Å². The highest BCUT2D eigenvalue weighted by molar-refractivity contribution is 5.87. The number of hydrogen-bond acceptors (Lipinski definition) is 0. The Balaban J connectivity index is 2.32. The molecule has 0 saturated heterocycles. The SMILES string of the molecule is CCCCC#Cc1cc[c]c2ccccc12. The first-order valence-corrected chi connectivity index (χ1v) is 5.80. The van der Waals surface area contributed by atoms with Gasteiger partial charge in [0.1, 0.15) is 0 Å². The monoisotopic (exact) mass is 207 g/mol. The first-order chi connectivity index (χ1) is 7.92. The van der Waals surface area contributed by atoms with Gasteiger partial charge in [0.15, 0.2) is 0 Å². The molecule has 0 heterocycles. The van der Waals surface area contributed by atoms with E-state index in [1.807, 2.05) is 24.3 Å². The van der Waals surface area contributed by atoms with Gasteiger partial charge in [0.2, 0.25) is 0 Å². The minimum absolute atomic E-state index is 0.990. The summed E-state index contributed by atoms with van der Waals surface area (Å²) in [5, 5.41) is 2.35. The topological polar surface area (TPSA) is 0 Å². The molecule has 1 radical (unpaired) electrons. The van der Waals surface area contributed by atoms with Crippen molar-refractivity contribution in [1.29, 1.82) is 0 Å². The second-order valence-corrected chi connectivity index (χ2v) is 3.84. The molecule has 79 valence electrons. The number of hydrogen-bond donors (Lipinski definition) is 0. The molecule has 0 aliphatic rings. The van der Waals surface area contributed by atoms with Crippen molar-refractivity contribution in [3.05, 3.63) is 48.0 Å². The minimum atomic E-state index is 0.990. The molecule has 0 atom stereocenters. The first-order valence-electron chi connectivity index (χ1n) is 5.80. The third-order valence-electron chi connectivity index (χ3n) is 2.58. The van der Waals surface area contributed by atoms with Gasteiger partial charge in [-0.15, -0.1) is 0 Å². The van der Waals surface area contributed by atoms with Crippen molar-refractivity contribution in [2.45, 2.75) is 26.2 Å². The fraction of sp³-hybridized carbons (Fsp3) is 0.250. The van der Waals surface area contributed by atoms with E-state index in [2.05, 4.69) is 37.0 Å². The van der Waals surface area contributed by atoms with Gasteiger partial charge in [0.25, 0.3) is 0 Å². The van der Waals surface area contributed by atoms with Crippen molar-refractivity contribution < 1.29 is 0 Å². The van der Waals surface area contributed by atoms with Crippen molar-refractivity contribution in [2.75, 3.05) is 0 Å². The fourth-order valence-corrected chi connectivity index (χ4v) is 1.68. The molecule has 0 nitrogen and oxygen atoms in total. The molecule has 0 N–H and O–H groups in total. The fourth-order valence-electron chi connectivity index (χ4n) is 1.68. The van der Waals surface area contributed by atoms with Gasteiger partial charge < -0.3 is 0 Å². The Morgan fingerprint density at radius 2 is 2.06 bits per heavy atom. The van der Waals surface area contributed by atoms with E-state index < -0.39 is 0 Å². The van der Waals surface area contributed by atoms with Gasteiger partial charge >= 0.3 is 0 Å². The van der Waals surface area contributed by atoms with Crippen LogP contribution >= 0.6 is 0 Å². The summed E-state index contributed by atoms with van der Waals surface area (Å²) in [6.07, 6.45) is 3.38. The van der Waals surface area contributed by atoms with Gasteiger partial charge in [0.05, 0.1) is 0 Å². The number of fused-ring (bicyclic) bond motifs is 1. The van der Waals surface area contributed by atoms with Crippen molar-refractivity contribution in [2.24, 2.45) is 0 Å². The smallest absolute Gasteiger partial charge is 0.0324 e. The standard InChI is InChI=1S/C16H15/c1-2-3-4-5-9-14-11-8-12-15-10-6-7-13-16(14)15/h6-8,10-11,13H,2-4H2,1H3. The van der Waals surface area contributed by atoms with Crippen LogP contribution in [-0.2, 0) is 0 Å². The molecule has 0 aliphatic heterocycles. The lowest BCUT2D eigenvalue weighted by Gasteiger charge is -1.98. The lowest BCUT2D eigenvalue weighted by Crippen LogP contribution is -1.79. The van der Waals surface area contributed by atoms with Gasteiger partial charge in [-0.05, 0) is 29.3 Å². The van der Waals surface area contributed by atoms with Crippen molar-refractivity contribution in [1.82, 2.24) is 0 Å². The lowest BCUT2D eigenvalue weighted by molar-refractivity contribution is 0.828. The van der Waals surface area contributed by atoms with Crippen LogP contribution < -0.4 is 0 Å². The molecule has 0 aromatic heterocycles. The zero-order valence-electron chi connectivity index (χ0n) is 9.59. The van der Waals surface area contributed by atoms with Crippen LogP contribution in [0.5, 0.6) is 0 Å². The van der Waals surface area contributed by atoms with Gasteiger partial charge in [-0.3, -0.25) is 0 Å². The Morgan fingerprint density at radius 1 is 1.19 bits per heavy atom. The van der Waals surface area contributed by atoms with Crippen molar-refractivity contribution in [3.8, 4) is 11.8 Å². The van der Waals surface area contributed by atoms with Crippen LogP contribution in [0, 0.1) is 17.9 Å². The Hall–Kier alpha value is -1.74.